The number of alkyl halides is 6. The van der Waals surface area contributed by atoms with E-state index in [1.54, 1.807) is 0 Å². The zero-order valence-corrected chi connectivity index (χ0v) is 7.45. The average Bonchev–Trinajstić information content (AvgIpc) is 2.14. The molecule has 1 aromatic carbocycles. The number of benzene rings is 1. The molecule has 0 heterocycles. The summed E-state index contributed by atoms with van der Waals surface area (Å²) in [6.07, 6.45) is -9.83. The highest BCUT2D eigenvalue weighted by molar-refractivity contribution is 5.55. The van der Waals surface area contributed by atoms with Crippen molar-refractivity contribution in [2.75, 3.05) is 0 Å². The maximum atomic E-state index is 12.3. The zero-order chi connectivity index (χ0) is 12.6. The standard InChI is InChI=1S/C9H3F6N/c1-16-7-3-2-5(8(10,11)12)4-6(7)9(13,14)15/h2-4H. The van der Waals surface area contributed by atoms with Crippen molar-refractivity contribution in [3.05, 3.63) is 40.7 Å². The molecule has 1 nitrogen and oxygen atoms in total. The molecule has 0 aliphatic heterocycles. The van der Waals surface area contributed by atoms with Crippen LogP contribution in [0, 0.1) is 6.57 Å². The second kappa shape index (κ2) is 3.70. The molecule has 0 atom stereocenters. The fourth-order valence-electron chi connectivity index (χ4n) is 1.04. The lowest BCUT2D eigenvalue weighted by molar-refractivity contribution is -0.142. The molecule has 0 aromatic heterocycles. The van der Waals surface area contributed by atoms with Gasteiger partial charge >= 0.3 is 12.4 Å². The summed E-state index contributed by atoms with van der Waals surface area (Å²) < 4.78 is 73.3. The lowest BCUT2D eigenvalue weighted by Crippen LogP contribution is -2.10. The molecule has 0 aliphatic carbocycles. The van der Waals surface area contributed by atoms with Gasteiger partial charge in [-0.3, -0.25) is 0 Å². The summed E-state index contributed by atoms with van der Waals surface area (Å²) in [7, 11) is 0. The van der Waals surface area contributed by atoms with Crippen LogP contribution in [0.4, 0.5) is 32.0 Å². The third-order valence-corrected chi connectivity index (χ3v) is 1.75. The first-order chi connectivity index (χ1) is 7.16. The molecule has 0 aliphatic rings. The van der Waals surface area contributed by atoms with Gasteiger partial charge in [0, 0.05) is 0 Å². The van der Waals surface area contributed by atoms with Gasteiger partial charge in [0.25, 0.3) is 0 Å². The van der Waals surface area contributed by atoms with E-state index in [0.717, 1.165) is 0 Å². The number of halogens is 6. The van der Waals surface area contributed by atoms with Crippen LogP contribution in [0.3, 0.4) is 0 Å². The van der Waals surface area contributed by atoms with Gasteiger partial charge in [0.05, 0.1) is 17.7 Å². The minimum atomic E-state index is -4.97. The number of hydrogen-bond acceptors (Lipinski definition) is 0. The summed E-state index contributed by atoms with van der Waals surface area (Å²) in [5, 5.41) is 0. The largest absolute Gasteiger partial charge is 0.416 e. The van der Waals surface area contributed by atoms with E-state index in [1.807, 2.05) is 0 Å². The van der Waals surface area contributed by atoms with Crippen molar-refractivity contribution < 1.29 is 26.3 Å². The van der Waals surface area contributed by atoms with Gasteiger partial charge in [0.1, 0.15) is 0 Å². The number of nitrogens with zero attached hydrogens (tertiary/aromatic N) is 1. The quantitative estimate of drug-likeness (QED) is 0.470. The minimum absolute atomic E-state index is 0.0621. The highest BCUT2D eigenvalue weighted by Gasteiger charge is 2.37. The van der Waals surface area contributed by atoms with Crippen molar-refractivity contribution in [1.82, 2.24) is 0 Å². The zero-order valence-electron chi connectivity index (χ0n) is 7.45. The second-order valence-corrected chi connectivity index (χ2v) is 2.84. The van der Waals surface area contributed by atoms with Gasteiger partial charge in [-0.25, -0.2) is 4.85 Å². The molecular weight excluding hydrogens is 236 g/mol. The van der Waals surface area contributed by atoms with Crippen molar-refractivity contribution in [1.29, 1.82) is 0 Å². The Labute approximate surface area is 86.1 Å². The lowest BCUT2D eigenvalue weighted by Gasteiger charge is -2.12. The molecule has 7 heteroatoms. The van der Waals surface area contributed by atoms with E-state index in [0.29, 0.717) is 12.1 Å². The molecule has 0 bridgehead atoms. The van der Waals surface area contributed by atoms with Crippen LogP contribution < -0.4 is 0 Å². The fraction of sp³-hybridized carbons (Fsp3) is 0.222. The van der Waals surface area contributed by atoms with Crippen LogP contribution in [0.25, 0.3) is 4.85 Å². The van der Waals surface area contributed by atoms with Gasteiger partial charge in [-0.05, 0) is 6.07 Å². The first-order valence-corrected chi connectivity index (χ1v) is 3.82. The smallest absolute Gasteiger partial charge is 0.238 e. The lowest BCUT2D eigenvalue weighted by atomic mass is 10.1. The Morgan fingerprint density at radius 3 is 1.88 bits per heavy atom. The molecule has 86 valence electrons. The topological polar surface area (TPSA) is 4.36 Å². The molecule has 0 radical (unpaired) electrons. The molecular formula is C9H3F6N. The van der Waals surface area contributed by atoms with Crippen LogP contribution in [-0.2, 0) is 12.4 Å². The molecule has 0 saturated carbocycles. The molecule has 1 aromatic rings. The van der Waals surface area contributed by atoms with Gasteiger partial charge in [0.2, 0.25) is 0 Å². The summed E-state index contributed by atoms with van der Waals surface area (Å²) in [5.41, 5.74) is -3.84. The van der Waals surface area contributed by atoms with E-state index >= 15 is 0 Å². The summed E-state index contributed by atoms with van der Waals surface area (Å²) in [5.74, 6) is 0. The van der Waals surface area contributed by atoms with Gasteiger partial charge < -0.3 is 0 Å². The highest BCUT2D eigenvalue weighted by atomic mass is 19.4. The second-order valence-electron chi connectivity index (χ2n) is 2.84. The van der Waals surface area contributed by atoms with Crippen LogP contribution in [0.5, 0.6) is 0 Å². The summed E-state index contributed by atoms with van der Waals surface area (Å²) in [4.78, 5) is 2.52. The predicted molar refractivity (Wildman–Crippen MR) is 42.7 cm³/mol. The van der Waals surface area contributed by atoms with Gasteiger partial charge in [-0.2, -0.15) is 26.3 Å². The third kappa shape index (κ3) is 2.45. The van der Waals surface area contributed by atoms with E-state index in [9.17, 15) is 26.3 Å². The third-order valence-electron chi connectivity index (χ3n) is 1.75. The first-order valence-electron chi connectivity index (χ1n) is 3.82. The van der Waals surface area contributed by atoms with Crippen molar-refractivity contribution in [2.45, 2.75) is 12.4 Å². The maximum absolute atomic E-state index is 12.3. The van der Waals surface area contributed by atoms with Crippen LogP contribution in [-0.4, -0.2) is 0 Å². The van der Waals surface area contributed by atoms with Gasteiger partial charge in [-0.1, -0.05) is 12.1 Å². The van der Waals surface area contributed by atoms with Crippen molar-refractivity contribution >= 4 is 5.69 Å². The van der Waals surface area contributed by atoms with Crippen LogP contribution in [0.15, 0.2) is 18.2 Å². The van der Waals surface area contributed by atoms with Crippen molar-refractivity contribution in [2.24, 2.45) is 0 Å². The van der Waals surface area contributed by atoms with Crippen molar-refractivity contribution in [3.63, 3.8) is 0 Å². The van der Waals surface area contributed by atoms with E-state index in [1.165, 1.54) is 0 Å². The van der Waals surface area contributed by atoms with Crippen LogP contribution in [0.1, 0.15) is 11.1 Å². The predicted octanol–water partition coefficient (Wildman–Crippen LogP) is 4.27. The number of hydrogen-bond donors (Lipinski definition) is 0. The summed E-state index contributed by atoms with van der Waals surface area (Å²) >= 11 is 0. The average molecular weight is 239 g/mol. The Morgan fingerprint density at radius 1 is 0.938 bits per heavy atom. The Bertz CT molecular complexity index is 437. The fourth-order valence-corrected chi connectivity index (χ4v) is 1.04. The molecule has 0 unspecified atom stereocenters. The van der Waals surface area contributed by atoms with Crippen LogP contribution in [0.2, 0.25) is 0 Å². The Hall–Kier alpha value is -1.71. The SMILES string of the molecule is [C-]#[N+]c1ccc(C(F)(F)F)cc1C(F)(F)F. The number of rotatable bonds is 0. The maximum Gasteiger partial charge on any atom is 0.416 e. The molecule has 16 heavy (non-hydrogen) atoms. The van der Waals surface area contributed by atoms with E-state index < -0.39 is 29.2 Å². The molecule has 0 saturated heterocycles. The summed E-state index contributed by atoms with van der Waals surface area (Å²) in [6, 6.07) is 0.897. The summed E-state index contributed by atoms with van der Waals surface area (Å²) in [6.45, 7) is 6.43. The van der Waals surface area contributed by atoms with Crippen molar-refractivity contribution in [3.8, 4) is 0 Å². The normalized spacial score (nSPS) is 12.3. The molecule has 0 amide bonds. The Morgan fingerprint density at radius 2 is 1.50 bits per heavy atom. The van der Waals surface area contributed by atoms with E-state index in [2.05, 4.69) is 4.85 Å². The molecule has 0 spiro atoms. The van der Waals surface area contributed by atoms with E-state index in [4.69, 9.17) is 6.57 Å². The highest BCUT2D eigenvalue weighted by Crippen LogP contribution is 2.40. The Kier molecular flexibility index (Phi) is 2.86. The minimum Gasteiger partial charge on any atom is -0.238 e. The molecule has 0 fully saturated rings. The van der Waals surface area contributed by atoms with Gasteiger partial charge in [0.15, 0.2) is 5.69 Å². The molecule has 0 N–H and O–H groups in total. The van der Waals surface area contributed by atoms with Gasteiger partial charge in [-0.15, -0.1) is 0 Å². The molecule has 1 rings (SSSR count). The first kappa shape index (κ1) is 12.4. The van der Waals surface area contributed by atoms with E-state index in [-0.39, 0.29) is 6.07 Å². The van der Waals surface area contributed by atoms with Crippen LogP contribution >= 0.6 is 0 Å². The Balaban J connectivity index is 3.41. The monoisotopic (exact) mass is 239 g/mol.